The Kier molecular flexibility index (Phi) is 10.2. The summed E-state index contributed by atoms with van der Waals surface area (Å²) in [4.78, 5) is 22.4. The Hall–Kier alpha value is -4.56. The average molecular weight is 578 g/mol. The summed E-state index contributed by atoms with van der Waals surface area (Å²) in [5.41, 5.74) is 3.52. The monoisotopic (exact) mass is 577 g/mol. The van der Waals surface area contributed by atoms with Crippen LogP contribution < -0.4 is 9.47 Å². The Morgan fingerprint density at radius 2 is 1.68 bits per heavy atom. The van der Waals surface area contributed by atoms with Gasteiger partial charge in [-0.2, -0.15) is 0 Å². The van der Waals surface area contributed by atoms with Crippen LogP contribution in [0.15, 0.2) is 79.0 Å². The Morgan fingerprint density at radius 3 is 2.39 bits per heavy atom. The van der Waals surface area contributed by atoms with Gasteiger partial charge in [0.2, 0.25) is 0 Å². The number of hydrogen-bond donors (Lipinski definition) is 2. The first-order valence-corrected chi connectivity index (χ1v) is 13.4. The molecular formula is C32H29ClFNO6. The zero-order valence-corrected chi connectivity index (χ0v) is 22.9. The second-order valence-electron chi connectivity index (χ2n) is 9.24. The lowest BCUT2D eigenvalue weighted by Gasteiger charge is -2.06. The van der Waals surface area contributed by atoms with E-state index in [0.717, 1.165) is 27.6 Å². The molecule has 0 aliphatic carbocycles. The minimum atomic E-state index is -0.953. The summed E-state index contributed by atoms with van der Waals surface area (Å²) >= 11 is 5.73. The smallest absolute Gasteiger partial charge is 0.323 e. The zero-order chi connectivity index (χ0) is 29.2. The van der Waals surface area contributed by atoms with Gasteiger partial charge in [0.1, 0.15) is 25.5 Å². The number of aliphatic carboxylic acids is 2. The largest absolute Gasteiger partial charge is 0.490 e. The number of para-hydroxylation sites is 1. The molecule has 3 aromatic carbocycles. The summed E-state index contributed by atoms with van der Waals surface area (Å²) in [5.74, 6) is -1.51. The predicted molar refractivity (Wildman–Crippen MR) is 157 cm³/mol. The first-order chi connectivity index (χ1) is 19.8. The van der Waals surface area contributed by atoms with Gasteiger partial charge in [-0.1, -0.05) is 54.1 Å². The highest BCUT2D eigenvalue weighted by Crippen LogP contribution is 2.28. The predicted octanol–water partition coefficient (Wildman–Crippen LogP) is 7.11. The second-order valence-corrected chi connectivity index (χ2v) is 9.67. The van der Waals surface area contributed by atoms with E-state index in [4.69, 9.17) is 26.2 Å². The topological polar surface area (TPSA) is 98.0 Å². The Balaban J connectivity index is 1.37. The molecule has 41 heavy (non-hydrogen) atoms. The summed E-state index contributed by atoms with van der Waals surface area (Å²) in [5, 5.41) is 19.6. The van der Waals surface area contributed by atoms with Crippen LogP contribution in [0.2, 0.25) is 5.02 Å². The number of nitrogens with zero attached hydrogens (tertiary/aromatic N) is 1. The van der Waals surface area contributed by atoms with Crippen LogP contribution in [-0.2, 0) is 22.6 Å². The van der Waals surface area contributed by atoms with Gasteiger partial charge in [0, 0.05) is 23.0 Å². The van der Waals surface area contributed by atoms with Gasteiger partial charge in [0.25, 0.3) is 0 Å². The molecule has 7 nitrogen and oxygen atoms in total. The third-order valence-electron chi connectivity index (χ3n) is 6.23. The SMILES string of the molecule is O=C(O)CCCc1cn(CC(=O)O)c2c(C=Cc3ccc(OC/C=C/COc4ccc(Cl)cc4F)cc3)cccc12. The molecule has 212 valence electrons. The van der Waals surface area contributed by atoms with Crippen LogP contribution in [0.25, 0.3) is 23.1 Å². The van der Waals surface area contributed by atoms with Crippen molar-refractivity contribution in [2.75, 3.05) is 13.2 Å². The zero-order valence-electron chi connectivity index (χ0n) is 22.1. The number of ether oxygens (including phenoxy) is 2. The van der Waals surface area contributed by atoms with Crippen LogP contribution in [0.5, 0.6) is 11.5 Å². The van der Waals surface area contributed by atoms with E-state index in [0.29, 0.717) is 30.2 Å². The maximum absolute atomic E-state index is 13.7. The van der Waals surface area contributed by atoms with E-state index in [1.54, 1.807) is 29.0 Å². The van der Waals surface area contributed by atoms with Gasteiger partial charge in [-0.15, -0.1) is 0 Å². The molecule has 1 aromatic heterocycles. The summed E-state index contributed by atoms with van der Waals surface area (Å²) < 4.78 is 26.5. The molecule has 1 heterocycles. The minimum absolute atomic E-state index is 0.0567. The molecule has 0 bridgehead atoms. The van der Waals surface area contributed by atoms with Gasteiger partial charge in [-0.3, -0.25) is 9.59 Å². The molecule has 0 fully saturated rings. The standard InChI is InChI=1S/C32H29ClFNO6/c33-25-13-16-29(28(34)19-25)41-18-2-1-17-40-26-14-10-22(11-15-26)9-12-23-5-3-7-27-24(6-4-8-30(36)37)20-35(32(23)27)21-31(38)39/h1-3,5,7,9-16,19-20H,4,6,8,17-18,21H2,(H,36,37)(H,38,39)/b2-1+,12-9?. The van der Waals surface area contributed by atoms with Crippen molar-refractivity contribution in [2.45, 2.75) is 25.8 Å². The van der Waals surface area contributed by atoms with Crippen LogP contribution in [0.4, 0.5) is 4.39 Å². The molecule has 4 rings (SSSR count). The lowest BCUT2D eigenvalue weighted by molar-refractivity contribution is -0.138. The van der Waals surface area contributed by atoms with Gasteiger partial charge in [-0.25, -0.2) is 4.39 Å². The number of carboxylic acid groups (broad SMARTS) is 2. The molecule has 0 saturated heterocycles. The molecule has 4 aromatic rings. The summed E-state index contributed by atoms with van der Waals surface area (Å²) in [6, 6.07) is 17.5. The van der Waals surface area contributed by atoms with E-state index < -0.39 is 17.8 Å². The Labute approximate surface area is 241 Å². The number of carbonyl (C=O) groups is 2. The molecule has 0 aliphatic heterocycles. The number of fused-ring (bicyclic) bond motifs is 1. The second kappa shape index (κ2) is 14.2. The number of hydrogen-bond acceptors (Lipinski definition) is 4. The van der Waals surface area contributed by atoms with E-state index in [-0.39, 0.29) is 25.3 Å². The Morgan fingerprint density at radius 1 is 0.927 bits per heavy atom. The third-order valence-corrected chi connectivity index (χ3v) is 6.47. The van der Waals surface area contributed by atoms with Gasteiger partial charge >= 0.3 is 11.9 Å². The molecule has 9 heteroatoms. The molecule has 2 N–H and O–H groups in total. The maximum Gasteiger partial charge on any atom is 0.323 e. The van der Waals surface area contributed by atoms with Gasteiger partial charge < -0.3 is 24.3 Å². The Bertz CT molecular complexity index is 1580. The van der Waals surface area contributed by atoms with E-state index in [1.807, 2.05) is 54.6 Å². The fourth-order valence-electron chi connectivity index (χ4n) is 4.37. The first kappa shape index (κ1) is 29.4. The minimum Gasteiger partial charge on any atom is -0.490 e. The van der Waals surface area contributed by atoms with Crippen molar-refractivity contribution in [1.29, 1.82) is 0 Å². The highest BCUT2D eigenvalue weighted by molar-refractivity contribution is 6.30. The van der Waals surface area contributed by atoms with Crippen molar-refractivity contribution >= 4 is 46.6 Å². The van der Waals surface area contributed by atoms with E-state index >= 15 is 0 Å². The van der Waals surface area contributed by atoms with Gasteiger partial charge in [0.05, 0.1) is 5.52 Å². The van der Waals surface area contributed by atoms with Crippen LogP contribution in [0.1, 0.15) is 29.5 Å². The quantitative estimate of drug-likeness (QED) is 0.122. The summed E-state index contributed by atoms with van der Waals surface area (Å²) in [6.45, 7) is 0.321. The van der Waals surface area contributed by atoms with E-state index in [2.05, 4.69) is 0 Å². The van der Waals surface area contributed by atoms with E-state index in [9.17, 15) is 19.1 Å². The van der Waals surface area contributed by atoms with Crippen molar-refractivity contribution in [3.05, 3.63) is 107 Å². The molecular weight excluding hydrogens is 549 g/mol. The number of aryl methyl sites for hydroxylation is 1. The van der Waals surface area contributed by atoms with Gasteiger partial charge in [-0.05, 0) is 72.0 Å². The molecule has 0 amide bonds. The average Bonchev–Trinajstić information content (AvgIpc) is 3.28. The van der Waals surface area contributed by atoms with Crippen molar-refractivity contribution in [3.63, 3.8) is 0 Å². The van der Waals surface area contributed by atoms with Crippen LogP contribution in [-0.4, -0.2) is 39.9 Å². The van der Waals surface area contributed by atoms with Crippen molar-refractivity contribution in [3.8, 4) is 11.5 Å². The molecule has 0 saturated carbocycles. The third kappa shape index (κ3) is 8.46. The summed E-state index contributed by atoms with van der Waals surface area (Å²) in [7, 11) is 0. The molecule has 0 unspecified atom stereocenters. The lowest BCUT2D eigenvalue weighted by Crippen LogP contribution is -2.07. The highest BCUT2D eigenvalue weighted by Gasteiger charge is 2.13. The number of aromatic nitrogens is 1. The van der Waals surface area contributed by atoms with Crippen molar-refractivity contribution < 1.29 is 33.7 Å². The fraction of sp³-hybridized carbons (Fsp3) is 0.188. The number of rotatable bonds is 14. The molecule has 0 spiro atoms. The molecule has 0 aliphatic rings. The molecule has 0 radical (unpaired) electrons. The van der Waals surface area contributed by atoms with Crippen LogP contribution in [0.3, 0.4) is 0 Å². The number of benzene rings is 3. The van der Waals surface area contributed by atoms with Crippen molar-refractivity contribution in [2.24, 2.45) is 0 Å². The molecule has 0 atom stereocenters. The van der Waals surface area contributed by atoms with Crippen molar-refractivity contribution in [1.82, 2.24) is 4.57 Å². The van der Waals surface area contributed by atoms with Crippen LogP contribution >= 0.6 is 11.6 Å². The summed E-state index contributed by atoms with van der Waals surface area (Å²) in [6.07, 6.45) is 10.3. The lowest BCUT2D eigenvalue weighted by atomic mass is 10.0. The normalized spacial score (nSPS) is 11.5. The number of carboxylic acids is 2. The van der Waals surface area contributed by atoms with Crippen LogP contribution in [0, 0.1) is 5.82 Å². The van der Waals surface area contributed by atoms with Gasteiger partial charge in [0.15, 0.2) is 11.6 Å². The first-order valence-electron chi connectivity index (χ1n) is 13.0. The number of halogens is 2. The highest BCUT2D eigenvalue weighted by atomic mass is 35.5. The van der Waals surface area contributed by atoms with E-state index in [1.165, 1.54) is 12.1 Å². The fourth-order valence-corrected chi connectivity index (χ4v) is 4.53. The maximum atomic E-state index is 13.7.